The van der Waals surface area contributed by atoms with Crippen molar-refractivity contribution >= 4 is 23.4 Å². The minimum absolute atomic E-state index is 0.0778. The van der Waals surface area contributed by atoms with Crippen molar-refractivity contribution in [1.29, 1.82) is 0 Å². The number of halogens is 1. The monoisotopic (exact) mass is 342 g/mol. The maximum absolute atomic E-state index is 12.5. The molecule has 3 rings (SSSR count). The first-order valence-corrected chi connectivity index (χ1v) is 8.31. The van der Waals surface area contributed by atoms with Gasteiger partial charge in [0, 0.05) is 35.8 Å². The van der Waals surface area contributed by atoms with E-state index in [9.17, 15) is 9.59 Å². The molecule has 0 aliphatic heterocycles. The first-order valence-electron chi connectivity index (χ1n) is 7.94. The summed E-state index contributed by atoms with van der Waals surface area (Å²) in [5, 5.41) is 3.61. The largest absolute Gasteiger partial charge is 0.349 e. The Morgan fingerprint density at radius 2 is 1.62 bits per heavy atom. The number of carbonyl (C=O) groups excluding carboxylic acids is 2. The summed E-state index contributed by atoms with van der Waals surface area (Å²) >= 11 is 5.87. The summed E-state index contributed by atoms with van der Waals surface area (Å²) in [5.41, 5.74) is 2.16. The topological polar surface area (TPSA) is 49.4 Å². The standard InChI is InChI=1S/C19H19ClN2O2/c1-22(12-13-2-8-16(20)9-3-13)19(24)15-6-4-14(5-7-15)18(23)21-17-10-11-17/h2-9,17H,10-12H2,1H3,(H,21,23). The van der Waals surface area contributed by atoms with Gasteiger partial charge in [-0.15, -0.1) is 0 Å². The Hall–Kier alpha value is -2.33. The number of carbonyl (C=O) groups is 2. The molecule has 4 nitrogen and oxygen atoms in total. The van der Waals surface area contributed by atoms with Gasteiger partial charge in [0.1, 0.15) is 0 Å². The zero-order valence-electron chi connectivity index (χ0n) is 13.5. The number of hydrogen-bond donors (Lipinski definition) is 1. The number of amides is 2. The van der Waals surface area contributed by atoms with Crippen molar-refractivity contribution in [2.45, 2.75) is 25.4 Å². The van der Waals surface area contributed by atoms with E-state index in [-0.39, 0.29) is 11.8 Å². The molecule has 1 aliphatic rings. The molecule has 0 radical (unpaired) electrons. The van der Waals surface area contributed by atoms with E-state index >= 15 is 0 Å². The number of hydrogen-bond acceptors (Lipinski definition) is 2. The van der Waals surface area contributed by atoms with E-state index in [2.05, 4.69) is 5.32 Å². The highest BCUT2D eigenvalue weighted by atomic mass is 35.5. The van der Waals surface area contributed by atoms with Crippen LogP contribution < -0.4 is 5.32 Å². The molecule has 0 spiro atoms. The number of nitrogens with zero attached hydrogens (tertiary/aromatic N) is 1. The molecule has 2 aromatic rings. The second-order valence-electron chi connectivity index (χ2n) is 6.11. The van der Waals surface area contributed by atoms with Crippen molar-refractivity contribution in [3.8, 4) is 0 Å². The van der Waals surface area contributed by atoms with Crippen LogP contribution in [0.5, 0.6) is 0 Å². The lowest BCUT2D eigenvalue weighted by Gasteiger charge is -2.17. The number of benzene rings is 2. The first kappa shape index (κ1) is 16.5. The summed E-state index contributed by atoms with van der Waals surface area (Å²) in [6, 6.07) is 14.5. The van der Waals surface area contributed by atoms with E-state index in [1.165, 1.54) is 0 Å². The maximum Gasteiger partial charge on any atom is 0.253 e. The predicted molar refractivity (Wildman–Crippen MR) is 94.2 cm³/mol. The van der Waals surface area contributed by atoms with Gasteiger partial charge in [0.25, 0.3) is 11.8 Å². The third-order valence-electron chi connectivity index (χ3n) is 3.99. The lowest BCUT2D eigenvalue weighted by Crippen LogP contribution is -2.27. The van der Waals surface area contributed by atoms with Gasteiger partial charge >= 0.3 is 0 Å². The van der Waals surface area contributed by atoms with Gasteiger partial charge in [-0.1, -0.05) is 23.7 Å². The fourth-order valence-electron chi connectivity index (χ4n) is 2.42. The molecule has 1 saturated carbocycles. The molecule has 1 fully saturated rings. The fourth-order valence-corrected chi connectivity index (χ4v) is 2.54. The fraction of sp³-hybridized carbons (Fsp3) is 0.263. The Labute approximate surface area is 146 Å². The maximum atomic E-state index is 12.5. The molecule has 0 unspecified atom stereocenters. The van der Waals surface area contributed by atoms with Gasteiger partial charge in [0.15, 0.2) is 0 Å². The average molecular weight is 343 g/mol. The number of rotatable bonds is 5. The van der Waals surface area contributed by atoms with Crippen molar-refractivity contribution in [2.24, 2.45) is 0 Å². The van der Waals surface area contributed by atoms with Gasteiger partial charge in [0.05, 0.1) is 0 Å². The van der Waals surface area contributed by atoms with Crippen LogP contribution in [-0.2, 0) is 6.54 Å². The Morgan fingerprint density at radius 3 is 2.21 bits per heavy atom. The van der Waals surface area contributed by atoms with Crippen LogP contribution in [0.4, 0.5) is 0 Å². The molecule has 1 N–H and O–H groups in total. The zero-order chi connectivity index (χ0) is 17.1. The summed E-state index contributed by atoms with van der Waals surface area (Å²) in [7, 11) is 1.75. The van der Waals surface area contributed by atoms with E-state index in [1.807, 2.05) is 24.3 Å². The van der Waals surface area contributed by atoms with Crippen molar-refractivity contribution in [2.75, 3.05) is 7.05 Å². The summed E-state index contributed by atoms with van der Waals surface area (Å²) in [5.74, 6) is -0.162. The van der Waals surface area contributed by atoms with Gasteiger partial charge < -0.3 is 10.2 Å². The second-order valence-corrected chi connectivity index (χ2v) is 6.55. The van der Waals surface area contributed by atoms with Crippen LogP contribution in [0.2, 0.25) is 5.02 Å². The van der Waals surface area contributed by atoms with Gasteiger partial charge in [-0.25, -0.2) is 0 Å². The minimum atomic E-state index is -0.0842. The minimum Gasteiger partial charge on any atom is -0.349 e. The molecule has 0 bridgehead atoms. The number of nitrogens with one attached hydrogen (secondary N) is 1. The molecule has 5 heteroatoms. The zero-order valence-corrected chi connectivity index (χ0v) is 14.2. The van der Waals surface area contributed by atoms with Gasteiger partial charge in [-0.3, -0.25) is 9.59 Å². The lowest BCUT2D eigenvalue weighted by atomic mass is 10.1. The molecular formula is C19H19ClN2O2. The summed E-state index contributed by atoms with van der Waals surface area (Å²) in [6.45, 7) is 0.500. The third kappa shape index (κ3) is 4.15. The Balaban J connectivity index is 1.63. The molecular weight excluding hydrogens is 324 g/mol. The smallest absolute Gasteiger partial charge is 0.253 e. The summed E-state index contributed by atoms with van der Waals surface area (Å²) in [6.07, 6.45) is 2.11. The second kappa shape index (κ2) is 7.05. The highest BCUT2D eigenvalue weighted by Crippen LogP contribution is 2.19. The average Bonchev–Trinajstić information content (AvgIpc) is 3.40. The molecule has 24 heavy (non-hydrogen) atoms. The van der Waals surface area contributed by atoms with Crippen molar-refractivity contribution in [3.63, 3.8) is 0 Å². The Bertz CT molecular complexity index is 737. The van der Waals surface area contributed by atoms with Crippen molar-refractivity contribution < 1.29 is 9.59 Å². The first-order chi connectivity index (χ1) is 11.5. The molecule has 124 valence electrons. The molecule has 1 aliphatic carbocycles. The molecule has 2 amide bonds. The highest BCUT2D eigenvalue weighted by molar-refractivity contribution is 6.30. The van der Waals surface area contributed by atoms with E-state index in [1.54, 1.807) is 36.2 Å². The van der Waals surface area contributed by atoms with Crippen LogP contribution in [0.25, 0.3) is 0 Å². The van der Waals surface area contributed by atoms with Crippen LogP contribution in [0.1, 0.15) is 39.1 Å². The molecule has 0 atom stereocenters. The third-order valence-corrected chi connectivity index (χ3v) is 4.24. The molecule has 0 aromatic heterocycles. The van der Waals surface area contributed by atoms with Crippen LogP contribution in [0.15, 0.2) is 48.5 Å². The summed E-state index contributed by atoms with van der Waals surface area (Å²) < 4.78 is 0. The SMILES string of the molecule is CN(Cc1ccc(Cl)cc1)C(=O)c1ccc(C(=O)NC2CC2)cc1. The van der Waals surface area contributed by atoms with Crippen LogP contribution in [0, 0.1) is 0 Å². The molecule has 0 saturated heterocycles. The van der Waals surface area contributed by atoms with E-state index in [0.717, 1.165) is 18.4 Å². The van der Waals surface area contributed by atoms with Gasteiger partial charge in [-0.2, -0.15) is 0 Å². The summed E-state index contributed by atoms with van der Waals surface area (Å²) in [4.78, 5) is 26.1. The molecule has 2 aromatic carbocycles. The van der Waals surface area contributed by atoms with Crippen molar-refractivity contribution in [3.05, 3.63) is 70.2 Å². The van der Waals surface area contributed by atoms with E-state index in [0.29, 0.717) is 28.7 Å². The highest BCUT2D eigenvalue weighted by Gasteiger charge is 2.23. The van der Waals surface area contributed by atoms with E-state index < -0.39 is 0 Å². The van der Waals surface area contributed by atoms with Gasteiger partial charge in [0.2, 0.25) is 0 Å². The van der Waals surface area contributed by atoms with Gasteiger partial charge in [-0.05, 0) is 54.8 Å². The quantitative estimate of drug-likeness (QED) is 0.904. The van der Waals surface area contributed by atoms with Crippen molar-refractivity contribution in [1.82, 2.24) is 10.2 Å². The normalized spacial score (nSPS) is 13.4. The van der Waals surface area contributed by atoms with E-state index in [4.69, 9.17) is 11.6 Å². The Kier molecular flexibility index (Phi) is 4.86. The van der Waals surface area contributed by atoms with Crippen LogP contribution >= 0.6 is 11.6 Å². The van der Waals surface area contributed by atoms with Crippen LogP contribution in [0.3, 0.4) is 0 Å². The lowest BCUT2D eigenvalue weighted by molar-refractivity contribution is 0.0784. The predicted octanol–water partition coefficient (Wildman–Crippen LogP) is 3.50. The van der Waals surface area contributed by atoms with Crippen LogP contribution in [-0.4, -0.2) is 29.8 Å². The molecule has 0 heterocycles. The Morgan fingerprint density at radius 1 is 1.04 bits per heavy atom.